The number of carbonyl (C=O) groups excluding carboxylic acids is 1. The molecule has 1 aliphatic rings. The van der Waals surface area contributed by atoms with Gasteiger partial charge in [0.1, 0.15) is 12.4 Å². The highest BCUT2D eigenvalue weighted by atomic mass is 19.4. The van der Waals surface area contributed by atoms with Gasteiger partial charge >= 0.3 is 6.18 Å². The van der Waals surface area contributed by atoms with Crippen LogP contribution in [0.2, 0.25) is 0 Å². The summed E-state index contributed by atoms with van der Waals surface area (Å²) in [6, 6.07) is 0. The molecule has 0 aromatic rings. The molecule has 5 heteroatoms. The Bertz CT molecular complexity index is 201. The van der Waals surface area contributed by atoms with E-state index < -0.39 is 12.8 Å². The number of halogens is 3. The molecule has 82 valence electrons. The van der Waals surface area contributed by atoms with Crippen molar-refractivity contribution >= 4 is 5.78 Å². The van der Waals surface area contributed by atoms with Gasteiger partial charge < -0.3 is 4.74 Å². The molecule has 1 aliphatic carbocycles. The molecule has 0 aliphatic heterocycles. The van der Waals surface area contributed by atoms with Crippen LogP contribution in [0.25, 0.3) is 0 Å². The minimum absolute atomic E-state index is 0.0237. The monoisotopic (exact) mass is 210 g/mol. The average molecular weight is 210 g/mol. The van der Waals surface area contributed by atoms with E-state index in [1.807, 2.05) is 0 Å². The van der Waals surface area contributed by atoms with Crippen LogP contribution in [0.5, 0.6) is 0 Å². The maximum absolute atomic E-state index is 11.6. The first-order valence-corrected chi connectivity index (χ1v) is 4.66. The second-order valence-corrected chi connectivity index (χ2v) is 3.51. The lowest BCUT2D eigenvalue weighted by Crippen LogP contribution is -2.19. The number of Topliss-reactive ketones (excluding diaryl/α,β-unsaturated/α-hetero) is 1. The largest absolute Gasteiger partial charge is 0.411 e. The van der Waals surface area contributed by atoms with E-state index in [4.69, 9.17) is 0 Å². The van der Waals surface area contributed by atoms with Crippen LogP contribution in [0, 0.1) is 5.92 Å². The van der Waals surface area contributed by atoms with Crippen LogP contribution in [0.1, 0.15) is 25.7 Å². The molecule has 1 atom stereocenters. The summed E-state index contributed by atoms with van der Waals surface area (Å²) in [5.41, 5.74) is 0. The Morgan fingerprint density at radius 2 is 2.14 bits per heavy atom. The maximum atomic E-state index is 11.6. The first-order chi connectivity index (χ1) is 6.49. The molecule has 14 heavy (non-hydrogen) atoms. The summed E-state index contributed by atoms with van der Waals surface area (Å²) < 4.78 is 39.4. The van der Waals surface area contributed by atoms with Gasteiger partial charge in [0.2, 0.25) is 0 Å². The van der Waals surface area contributed by atoms with E-state index in [0.717, 1.165) is 12.8 Å². The van der Waals surface area contributed by atoms with Gasteiger partial charge in [-0.15, -0.1) is 0 Å². The number of ketones is 1. The molecule has 0 radical (unpaired) electrons. The molecule has 0 aromatic carbocycles. The molecule has 1 rings (SSSR count). The fourth-order valence-corrected chi connectivity index (χ4v) is 1.61. The Hall–Kier alpha value is -0.580. The summed E-state index contributed by atoms with van der Waals surface area (Å²) in [6.45, 7) is -1.19. The SMILES string of the molecule is O=C1CCCC1CCOCC(F)(F)F. The third-order valence-corrected chi connectivity index (χ3v) is 2.31. The van der Waals surface area contributed by atoms with Gasteiger partial charge in [-0.25, -0.2) is 0 Å². The lowest BCUT2D eigenvalue weighted by atomic mass is 10.0. The zero-order valence-electron chi connectivity index (χ0n) is 7.77. The standard InChI is InChI=1S/C9H13F3O2/c10-9(11,12)6-14-5-4-7-2-1-3-8(7)13/h7H,1-6H2. The highest BCUT2D eigenvalue weighted by Crippen LogP contribution is 2.24. The highest BCUT2D eigenvalue weighted by molar-refractivity contribution is 5.82. The number of alkyl halides is 3. The lowest BCUT2D eigenvalue weighted by molar-refractivity contribution is -0.174. The number of hydrogen-bond acceptors (Lipinski definition) is 2. The van der Waals surface area contributed by atoms with Crippen LogP contribution in [-0.4, -0.2) is 25.2 Å². The zero-order valence-corrected chi connectivity index (χ0v) is 7.77. The van der Waals surface area contributed by atoms with Crippen molar-refractivity contribution in [3.8, 4) is 0 Å². The second-order valence-electron chi connectivity index (χ2n) is 3.51. The Morgan fingerprint density at radius 3 is 2.64 bits per heavy atom. The van der Waals surface area contributed by atoms with Gasteiger partial charge in [-0.2, -0.15) is 13.2 Å². The normalized spacial score (nSPS) is 23.1. The van der Waals surface area contributed by atoms with Crippen molar-refractivity contribution in [3.05, 3.63) is 0 Å². The molecule has 0 saturated heterocycles. The van der Waals surface area contributed by atoms with Gasteiger partial charge in [0.25, 0.3) is 0 Å². The second kappa shape index (κ2) is 4.77. The van der Waals surface area contributed by atoms with E-state index in [1.165, 1.54) is 0 Å². The first-order valence-electron chi connectivity index (χ1n) is 4.66. The Balaban J connectivity index is 2.07. The van der Waals surface area contributed by atoms with Crippen molar-refractivity contribution < 1.29 is 22.7 Å². The van der Waals surface area contributed by atoms with Gasteiger partial charge in [-0.3, -0.25) is 4.79 Å². The predicted molar refractivity (Wildman–Crippen MR) is 43.8 cm³/mol. The van der Waals surface area contributed by atoms with Gasteiger partial charge in [-0.1, -0.05) is 0 Å². The van der Waals surface area contributed by atoms with E-state index in [1.54, 1.807) is 0 Å². The zero-order chi connectivity index (χ0) is 10.6. The summed E-state index contributed by atoms with van der Waals surface area (Å²) in [6.07, 6.45) is -1.60. The van der Waals surface area contributed by atoms with Crippen LogP contribution in [0.4, 0.5) is 13.2 Å². The predicted octanol–water partition coefficient (Wildman–Crippen LogP) is 2.32. The highest BCUT2D eigenvalue weighted by Gasteiger charge is 2.28. The van der Waals surface area contributed by atoms with Crippen LogP contribution >= 0.6 is 0 Å². The number of carbonyl (C=O) groups is 1. The molecule has 0 amide bonds. The number of rotatable bonds is 4. The quantitative estimate of drug-likeness (QED) is 0.665. The summed E-state index contributed by atoms with van der Waals surface area (Å²) in [5, 5.41) is 0. The average Bonchev–Trinajstić information content (AvgIpc) is 2.44. The summed E-state index contributed by atoms with van der Waals surface area (Å²) in [4.78, 5) is 11.1. The fraction of sp³-hybridized carbons (Fsp3) is 0.889. The summed E-state index contributed by atoms with van der Waals surface area (Å²) in [7, 11) is 0. The van der Waals surface area contributed by atoms with Crippen molar-refractivity contribution in [2.75, 3.05) is 13.2 Å². The van der Waals surface area contributed by atoms with Crippen molar-refractivity contribution in [1.82, 2.24) is 0 Å². The molecule has 0 heterocycles. The topological polar surface area (TPSA) is 26.3 Å². The Kier molecular flexibility index (Phi) is 3.92. The third-order valence-electron chi connectivity index (χ3n) is 2.31. The van der Waals surface area contributed by atoms with Crippen LogP contribution in [0.3, 0.4) is 0 Å². The molecule has 1 saturated carbocycles. The first kappa shape index (κ1) is 11.5. The molecule has 0 N–H and O–H groups in total. The molecule has 1 unspecified atom stereocenters. The molecule has 1 fully saturated rings. The van der Waals surface area contributed by atoms with Crippen molar-refractivity contribution in [3.63, 3.8) is 0 Å². The smallest absolute Gasteiger partial charge is 0.372 e. The van der Waals surface area contributed by atoms with Crippen molar-refractivity contribution in [2.45, 2.75) is 31.9 Å². The van der Waals surface area contributed by atoms with E-state index in [-0.39, 0.29) is 18.3 Å². The van der Waals surface area contributed by atoms with E-state index in [2.05, 4.69) is 4.74 Å². The molecule has 0 aromatic heterocycles. The Morgan fingerprint density at radius 1 is 1.43 bits per heavy atom. The lowest BCUT2D eigenvalue weighted by Gasteiger charge is -2.09. The van der Waals surface area contributed by atoms with Crippen LogP contribution in [-0.2, 0) is 9.53 Å². The van der Waals surface area contributed by atoms with Crippen molar-refractivity contribution in [2.24, 2.45) is 5.92 Å². The Labute approximate surface area is 80.4 Å². The minimum atomic E-state index is -4.26. The van der Waals surface area contributed by atoms with Gasteiger partial charge in [0.05, 0.1) is 0 Å². The van der Waals surface area contributed by atoms with Gasteiger partial charge in [-0.05, 0) is 19.3 Å². The van der Waals surface area contributed by atoms with E-state index in [9.17, 15) is 18.0 Å². The van der Waals surface area contributed by atoms with E-state index in [0.29, 0.717) is 12.8 Å². The van der Waals surface area contributed by atoms with Crippen LogP contribution in [0.15, 0.2) is 0 Å². The minimum Gasteiger partial charge on any atom is -0.372 e. The molecule has 2 nitrogen and oxygen atoms in total. The van der Waals surface area contributed by atoms with Gasteiger partial charge in [0, 0.05) is 18.9 Å². The molecule has 0 spiro atoms. The third kappa shape index (κ3) is 4.09. The number of hydrogen-bond donors (Lipinski definition) is 0. The van der Waals surface area contributed by atoms with Crippen LogP contribution < -0.4 is 0 Å². The van der Waals surface area contributed by atoms with E-state index >= 15 is 0 Å². The van der Waals surface area contributed by atoms with Gasteiger partial charge in [0.15, 0.2) is 0 Å². The molecular weight excluding hydrogens is 197 g/mol. The molecular formula is C9H13F3O2. The summed E-state index contributed by atoms with van der Waals surface area (Å²) >= 11 is 0. The summed E-state index contributed by atoms with van der Waals surface area (Å²) in [5.74, 6) is 0.101. The fourth-order valence-electron chi connectivity index (χ4n) is 1.61. The van der Waals surface area contributed by atoms with Crippen molar-refractivity contribution in [1.29, 1.82) is 0 Å². The number of ether oxygens (including phenoxy) is 1. The molecule has 0 bridgehead atoms. The maximum Gasteiger partial charge on any atom is 0.411 e.